The summed E-state index contributed by atoms with van der Waals surface area (Å²) in [6.07, 6.45) is 0. The third-order valence-corrected chi connectivity index (χ3v) is 3.15. The second-order valence-corrected chi connectivity index (χ2v) is 5.11. The zero-order valence-electron chi connectivity index (χ0n) is 12.2. The van der Waals surface area contributed by atoms with Crippen molar-refractivity contribution >= 4 is 23.2 Å². The monoisotopic (exact) mass is 343 g/mol. The largest absolute Gasteiger partial charge is 0.421 e. The van der Waals surface area contributed by atoms with Crippen molar-refractivity contribution in [1.82, 2.24) is 9.97 Å². The normalized spacial score (nSPS) is 10.2. The molecule has 120 valence electrons. The molecule has 0 aliphatic heterocycles. The molecule has 0 saturated carbocycles. The molecule has 0 atom stereocenters. The Balaban J connectivity index is 1.76. The molecule has 0 bridgehead atoms. The molecule has 3 aromatic rings. The first-order valence-corrected chi connectivity index (χ1v) is 7.32. The van der Waals surface area contributed by atoms with Crippen LogP contribution < -0.4 is 10.1 Å². The van der Waals surface area contributed by atoms with Gasteiger partial charge in [0.05, 0.1) is 0 Å². The van der Waals surface area contributed by atoms with Gasteiger partial charge in [0.1, 0.15) is 16.7 Å². The maximum absolute atomic E-state index is 13.2. The van der Waals surface area contributed by atoms with Crippen LogP contribution >= 0.6 is 11.6 Å². The summed E-state index contributed by atoms with van der Waals surface area (Å²) in [6, 6.07) is 15.2. The molecule has 0 radical (unpaired) electrons. The highest BCUT2D eigenvalue weighted by molar-refractivity contribution is 6.29. The van der Waals surface area contributed by atoms with E-state index in [1.54, 1.807) is 36.4 Å². The molecule has 0 aliphatic carbocycles. The molecule has 0 spiro atoms. The summed E-state index contributed by atoms with van der Waals surface area (Å²) in [5.41, 5.74) is 0.461. The van der Waals surface area contributed by atoms with Crippen molar-refractivity contribution in [1.29, 1.82) is 0 Å². The lowest BCUT2D eigenvalue weighted by Crippen LogP contribution is -2.13. The Kier molecular flexibility index (Phi) is 4.67. The number of nitrogens with zero attached hydrogens (tertiary/aromatic N) is 2. The van der Waals surface area contributed by atoms with Crippen LogP contribution in [0.4, 0.5) is 10.1 Å². The summed E-state index contributed by atoms with van der Waals surface area (Å²) >= 11 is 5.79. The Hall–Kier alpha value is -2.99. The van der Waals surface area contributed by atoms with Gasteiger partial charge in [0.15, 0.2) is 0 Å². The van der Waals surface area contributed by atoms with E-state index in [0.29, 0.717) is 5.69 Å². The maximum atomic E-state index is 13.2. The Morgan fingerprint density at radius 2 is 1.71 bits per heavy atom. The maximum Gasteiger partial charge on any atom is 0.274 e. The van der Waals surface area contributed by atoms with Gasteiger partial charge in [0.25, 0.3) is 5.91 Å². The summed E-state index contributed by atoms with van der Waals surface area (Å²) in [7, 11) is 0. The van der Waals surface area contributed by atoms with Crippen LogP contribution in [0, 0.1) is 5.82 Å². The van der Waals surface area contributed by atoms with Crippen molar-refractivity contribution in [3.8, 4) is 11.8 Å². The number of nitrogens with one attached hydrogen (secondary N) is 1. The number of pyridine rings is 2. The van der Waals surface area contributed by atoms with Gasteiger partial charge in [0.2, 0.25) is 11.8 Å². The number of hydrogen-bond acceptors (Lipinski definition) is 4. The average molecular weight is 344 g/mol. The second-order valence-electron chi connectivity index (χ2n) is 4.73. The SMILES string of the molecule is O=C(Nc1cccc(F)c1)c1cccc(Oc2cccc(Cl)n2)n1. The van der Waals surface area contributed by atoms with Crippen molar-refractivity contribution in [2.75, 3.05) is 5.32 Å². The van der Waals surface area contributed by atoms with Crippen molar-refractivity contribution in [2.24, 2.45) is 0 Å². The smallest absolute Gasteiger partial charge is 0.274 e. The summed E-state index contributed by atoms with van der Waals surface area (Å²) in [5, 5.41) is 2.85. The molecule has 0 unspecified atom stereocenters. The van der Waals surface area contributed by atoms with Crippen LogP contribution in [0.3, 0.4) is 0 Å². The molecule has 1 aromatic carbocycles. The Morgan fingerprint density at radius 1 is 1.00 bits per heavy atom. The summed E-state index contributed by atoms with van der Waals surface area (Å²) in [5.74, 6) is -0.468. The van der Waals surface area contributed by atoms with Crippen LogP contribution in [0.15, 0.2) is 60.7 Å². The molecule has 5 nitrogen and oxygen atoms in total. The van der Waals surface area contributed by atoms with Crippen LogP contribution in [-0.4, -0.2) is 15.9 Å². The van der Waals surface area contributed by atoms with Crippen LogP contribution in [-0.2, 0) is 0 Å². The molecule has 0 fully saturated rings. The van der Waals surface area contributed by atoms with Crippen LogP contribution in [0.5, 0.6) is 11.8 Å². The van der Waals surface area contributed by atoms with Crippen LogP contribution in [0.1, 0.15) is 10.5 Å². The number of carbonyl (C=O) groups is 1. The lowest BCUT2D eigenvalue weighted by atomic mass is 10.3. The molecule has 1 N–H and O–H groups in total. The number of hydrogen-bond donors (Lipinski definition) is 1. The number of aromatic nitrogens is 2. The van der Waals surface area contributed by atoms with Crippen molar-refractivity contribution in [2.45, 2.75) is 0 Å². The molecule has 1 amide bonds. The van der Waals surface area contributed by atoms with Crippen molar-refractivity contribution in [3.63, 3.8) is 0 Å². The quantitative estimate of drug-likeness (QED) is 0.717. The third kappa shape index (κ3) is 4.05. The Labute approximate surface area is 142 Å². The van der Waals surface area contributed by atoms with E-state index in [4.69, 9.17) is 16.3 Å². The first-order chi connectivity index (χ1) is 11.6. The first-order valence-electron chi connectivity index (χ1n) is 6.94. The van der Waals surface area contributed by atoms with E-state index >= 15 is 0 Å². The van der Waals surface area contributed by atoms with Gasteiger partial charge in [-0.25, -0.2) is 14.4 Å². The van der Waals surface area contributed by atoms with E-state index in [1.807, 2.05) is 0 Å². The van der Waals surface area contributed by atoms with Crippen LogP contribution in [0.2, 0.25) is 5.15 Å². The molecule has 24 heavy (non-hydrogen) atoms. The number of rotatable bonds is 4. The summed E-state index contributed by atoms with van der Waals surface area (Å²) in [4.78, 5) is 20.3. The van der Waals surface area contributed by atoms with E-state index in [2.05, 4.69) is 15.3 Å². The first kappa shape index (κ1) is 15.9. The van der Waals surface area contributed by atoms with E-state index in [-0.39, 0.29) is 22.6 Å². The molecular weight excluding hydrogens is 333 g/mol. The molecule has 2 heterocycles. The summed E-state index contributed by atoms with van der Waals surface area (Å²) in [6.45, 7) is 0. The van der Waals surface area contributed by atoms with Gasteiger partial charge in [-0.15, -0.1) is 0 Å². The second kappa shape index (κ2) is 7.06. The minimum Gasteiger partial charge on any atom is -0.421 e. The number of halogens is 2. The highest BCUT2D eigenvalue weighted by Gasteiger charge is 2.10. The predicted molar refractivity (Wildman–Crippen MR) is 87.9 cm³/mol. The number of carbonyl (C=O) groups excluding carboxylic acids is 1. The van der Waals surface area contributed by atoms with E-state index in [0.717, 1.165) is 0 Å². The van der Waals surface area contributed by atoms with Crippen molar-refractivity contribution < 1.29 is 13.9 Å². The van der Waals surface area contributed by atoms with Crippen molar-refractivity contribution in [3.05, 3.63) is 77.3 Å². The average Bonchev–Trinajstić information content (AvgIpc) is 2.55. The van der Waals surface area contributed by atoms with Gasteiger partial charge < -0.3 is 10.1 Å². The topological polar surface area (TPSA) is 64.1 Å². The van der Waals surface area contributed by atoms with E-state index < -0.39 is 11.7 Å². The molecular formula is C17H11ClFN3O2. The fourth-order valence-electron chi connectivity index (χ4n) is 1.91. The minimum atomic E-state index is -0.481. The van der Waals surface area contributed by atoms with Crippen LogP contribution in [0.25, 0.3) is 0 Å². The lowest BCUT2D eigenvalue weighted by Gasteiger charge is -2.07. The van der Waals surface area contributed by atoms with Gasteiger partial charge in [-0.2, -0.15) is 0 Å². The molecule has 3 rings (SSSR count). The third-order valence-electron chi connectivity index (χ3n) is 2.94. The highest BCUT2D eigenvalue weighted by atomic mass is 35.5. The fraction of sp³-hybridized carbons (Fsp3) is 0. The lowest BCUT2D eigenvalue weighted by molar-refractivity contribution is 0.102. The number of anilines is 1. The molecule has 0 aliphatic rings. The van der Waals surface area contributed by atoms with Gasteiger partial charge in [-0.3, -0.25) is 4.79 Å². The highest BCUT2D eigenvalue weighted by Crippen LogP contribution is 2.19. The molecule has 2 aromatic heterocycles. The van der Waals surface area contributed by atoms with Gasteiger partial charge in [-0.1, -0.05) is 29.8 Å². The Morgan fingerprint density at radius 3 is 2.46 bits per heavy atom. The molecule has 7 heteroatoms. The fourth-order valence-corrected chi connectivity index (χ4v) is 2.07. The van der Waals surface area contributed by atoms with Gasteiger partial charge in [0, 0.05) is 17.8 Å². The zero-order chi connectivity index (χ0) is 16.9. The number of benzene rings is 1. The zero-order valence-corrected chi connectivity index (χ0v) is 13.0. The van der Waals surface area contributed by atoms with E-state index in [1.165, 1.54) is 24.3 Å². The minimum absolute atomic E-state index is 0.124. The van der Waals surface area contributed by atoms with E-state index in [9.17, 15) is 9.18 Å². The number of amides is 1. The molecule has 0 saturated heterocycles. The van der Waals surface area contributed by atoms with Gasteiger partial charge >= 0.3 is 0 Å². The van der Waals surface area contributed by atoms with Gasteiger partial charge in [-0.05, 0) is 30.3 Å². The number of ether oxygens (including phenoxy) is 1. The predicted octanol–water partition coefficient (Wildman–Crippen LogP) is 4.31. The summed E-state index contributed by atoms with van der Waals surface area (Å²) < 4.78 is 18.6. The standard InChI is InChI=1S/C17H11ClFN3O2/c18-14-7-3-9-16(22-14)24-15-8-2-6-13(21-15)17(23)20-12-5-1-4-11(19)10-12/h1-10H,(H,20,23). The Bertz CT molecular complexity index is 889.